The quantitative estimate of drug-likeness (QED) is 0.818. The predicted octanol–water partition coefficient (Wildman–Crippen LogP) is 2.34. The van der Waals surface area contributed by atoms with Gasteiger partial charge in [-0.2, -0.15) is 0 Å². The average Bonchev–Trinajstić information content (AvgIpc) is 3.10. The van der Waals surface area contributed by atoms with Crippen molar-refractivity contribution < 1.29 is 9.90 Å². The van der Waals surface area contributed by atoms with Crippen LogP contribution < -0.4 is 5.32 Å². The molecule has 0 spiro atoms. The minimum Gasteiger partial charge on any atom is -0.480 e. The van der Waals surface area contributed by atoms with E-state index in [0.717, 1.165) is 24.3 Å². The minimum atomic E-state index is -0.733. The molecule has 1 aliphatic carbocycles. The lowest BCUT2D eigenvalue weighted by Gasteiger charge is -2.13. The van der Waals surface area contributed by atoms with Crippen molar-refractivity contribution in [2.45, 2.75) is 25.3 Å². The van der Waals surface area contributed by atoms with Crippen molar-refractivity contribution >= 4 is 17.6 Å². The van der Waals surface area contributed by atoms with Crippen LogP contribution in [-0.4, -0.2) is 23.7 Å². The Morgan fingerprint density at radius 2 is 2.06 bits per heavy atom. The Kier molecular flexibility index (Phi) is 4.02. The maximum absolute atomic E-state index is 11.0. The molecule has 2 rings (SSSR count). The molecule has 1 aromatic rings. The van der Waals surface area contributed by atoms with E-state index in [9.17, 15) is 4.79 Å². The van der Waals surface area contributed by atoms with Gasteiger partial charge < -0.3 is 10.4 Å². The number of hydrogen-bond donors (Lipinski definition) is 2. The normalized spacial score (nSPS) is 16.8. The topological polar surface area (TPSA) is 49.3 Å². The summed E-state index contributed by atoms with van der Waals surface area (Å²) in [7, 11) is 0. The van der Waals surface area contributed by atoms with Crippen LogP contribution in [0.25, 0.3) is 0 Å². The minimum absolute atomic E-state index is 0.331. The highest BCUT2D eigenvalue weighted by molar-refractivity contribution is 6.30. The maximum atomic E-state index is 11.0. The number of rotatable bonds is 6. The van der Waals surface area contributed by atoms with E-state index in [1.807, 2.05) is 24.3 Å². The molecule has 1 aliphatic rings. The molecule has 4 heteroatoms. The van der Waals surface area contributed by atoms with Crippen molar-refractivity contribution in [3.8, 4) is 0 Å². The SMILES string of the molecule is O=C(O)C(NCCc1ccc(Cl)cc1)C1CC1. The Labute approximate surface area is 106 Å². The van der Waals surface area contributed by atoms with Crippen LogP contribution in [-0.2, 0) is 11.2 Å². The third-order valence-electron chi connectivity index (χ3n) is 3.05. The second kappa shape index (κ2) is 5.52. The van der Waals surface area contributed by atoms with E-state index in [4.69, 9.17) is 16.7 Å². The first-order chi connectivity index (χ1) is 8.16. The van der Waals surface area contributed by atoms with Crippen LogP contribution in [0.15, 0.2) is 24.3 Å². The van der Waals surface area contributed by atoms with Crippen molar-refractivity contribution in [3.63, 3.8) is 0 Å². The zero-order chi connectivity index (χ0) is 12.3. The van der Waals surface area contributed by atoms with Gasteiger partial charge in [-0.25, -0.2) is 0 Å². The van der Waals surface area contributed by atoms with Gasteiger partial charge in [-0.05, 0) is 49.4 Å². The summed E-state index contributed by atoms with van der Waals surface area (Å²) in [6.45, 7) is 0.690. The molecule has 92 valence electrons. The number of hydrogen-bond acceptors (Lipinski definition) is 2. The standard InChI is InChI=1S/C13H16ClNO2/c14-11-5-1-9(2-6-11)7-8-15-12(13(16)17)10-3-4-10/h1-2,5-6,10,12,15H,3-4,7-8H2,(H,16,17). The number of nitrogens with one attached hydrogen (secondary N) is 1. The van der Waals surface area contributed by atoms with Crippen LogP contribution in [0.2, 0.25) is 5.02 Å². The molecule has 0 radical (unpaired) electrons. The molecule has 0 heterocycles. The summed E-state index contributed by atoms with van der Waals surface area (Å²) in [4.78, 5) is 11.0. The Morgan fingerprint density at radius 1 is 1.41 bits per heavy atom. The maximum Gasteiger partial charge on any atom is 0.320 e. The number of benzene rings is 1. The van der Waals surface area contributed by atoms with Gasteiger partial charge in [0.25, 0.3) is 0 Å². The fraction of sp³-hybridized carbons (Fsp3) is 0.462. The van der Waals surface area contributed by atoms with Gasteiger partial charge >= 0.3 is 5.97 Å². The number of carboxylic acid groups (broad SMARTS) is 1. The first kappa shape index (κ1) is 12.4. The highest BCUT2D eigenvalue weighted by Crippen LogP contribution is 2.32. The van der Waals surface area contributed by atoms with E-state index in [0.29, 0.717) is 12.5 Å². The third kappa shape index (κ3) is 3.72. The molecule has 0 bridgehead atoms. The molecular formula is C13H16ClNO2. The summed E-state index contributed by atoms with van der Waals surface area (Å²) < 4.78 is 0. The highest BCUT2D eigenvalue weighted by atomic mass is 35.5. The molecule has 0 amide bonds. The second-order valence-electron chi connectivity index (χ2n) is 4.48. The van der Waals surface area contributed by atoms with E-state index in [1.54, 1.807) is 0 Å². The van der Waals surface area contributed by atoms with E-state index < -0.39 is 5.97 Å². The van der Waals surface area contributed by atoms with Gasteiger partial charge in [-0.3, -0.25) is 4.79 Å². The summed E-state index contributed by atoms with van der Waals surface area (Å²) in [5, 5.41) is 12.9. The van der Waals surface area contributed by atoms with Gasteiger partial charge in [0.1, 0.15) is 6.04 Å². The zero-order valence-electron chi connectivity index (χ0n) is 9.53. The highest BCUT2D eigenvalue weighted by Gasteiger charge is 2.35. The van der Waals surface area contributed by atoms with E-state index in [-0.39, 0.29) is 6.04 Å². The van der Waals surface area contributed by atoms with Gasteiger partial charge in [0.15, 0.2) is 0 Å². The van der Waals surface area contributed by atoms with Crippen molar-refractivity contribution in [1.29, 1.82) is 0 Å². The molecule has 0 aromatic heterocycles. The zero-order valence-corrected chi connectivity index (χ0v) is 10.3. The Bertz CT molecular complexity index is 387. The first-order valence-corrected chi connectivity index (χ1v) is 6.25. The second-order valence-corrected chi connectivity index (χ2v) is 4.92. The third-order valence-corrected chi connectivity index (χ3v) is 3.30. The lowest BCUT2D eigenvalue weighted by atomic mass is 10.1. The molecular weight excluding hydrogens is 238 g/mol. The van der Waals surface area contributed by atoms with Gasteiger partial charge in [-0.15, -0.1) is 0 Å². The van der Waals surface area contributed by atoms with Crippen molar-refractivity contribution in [2.75, 3.05) is 6.54 Å². The molecule has 1 saturated carbocycles. The fourth-order valence-electron chi connectivity index (χ4n) is 1.91. The average molecular weight is 254 g/mol. The monoisotopic (exact) mass is 253 g/mol. The number of carboxylic acids is 1. The summed E-state index contributed by atoms with van der Waals surface area (Å²) >= 11 is 5.79. The van der Waals surface area contributed by atoms with Crippen LogP contribution in [0.3, 0.4) is 0 Å². The molecule has 1 atom stereocenters. The van der Waals surface area contributed by atoms with E-state index in [1.165, 1.54) is 5.56 Å². The Balaban J connectivity index is 1.78. The molecule has 0 aliphatic heterocycles. The smallest absolute Gasteiger partial charge is 0.320 e. The van der Waals surface area contributed by atoms with Crippen LogP contribution in [0.5, 0.6) is 0 Å². The van der Waals surface area contributed by atoms with Crippen molar-refractivity contribution in [2.24, 2.45) is 5.92 Å². The van der Waals surface area contributed by atoms with E-state index >= 15 is 0 Å². The molecule has 2 N–H and O–H groups in total. The molecule has 0 saturated heterocycles. The summed E-state index contributed by atoms with van der Waals surface area (Å²) in [6.07, 6.45) is 2.89. The number of halogens is 1. The number of aliphatic carboxylic acids is 1. The lowest BCUT2D eigenvalue weighted by molar-refractivity contribution is -0.140. The molecule has 3 nitrogen and oxygen atoms in total. The van der Waals surface area contributed by atoms with Crippen LogP contribution >= 0.6 is 11.6 Å². The van der Waals surface area contributed by atoms with Gasteiger partial charge in [-0.1, -0.05) is 23.7 Å². The van der Waals surface area contributed by atoms with Gasteiger partial charge in [0.2, 0.25) is 0 Å². The van der Waals surface area contributed by atoms with Crippen LogP contribution in [0.4, 0.5) is 0 Å². The molecule has 17 heavy (non-hydrogen) atoms. The number of carbonyl (C=O) groups is 1. The summed E-state index contributed by atoms with van der Waals surface area (Å²) in [5.74, 6) is -0.402. The molecule has 1 fully saturated rings. The summed E-state index contributed by atoms with van der Waals surface area (Å²) in [6, 6.07) is 7.27. The van der Waals surface area contributed by atoms with Gasteiger partial charge in [0, 0.05) is 5.02 Å². The molecule has 1 unspecified atom stereocenters. The van der Waals surface area contributed by atoms with Crippen LogP contribution in [0, 0.1) is 5.92 Å². The summed E-state index contributed by atoms with van der Waals surface area (Å²) in [5.41, 5.74) is 1.17. The van der Waals surface area contributed by atoms with E-state index in [2.05, 4.69) is 5.32 Å². The lowest BCUT2D eigenvalue weighted by Crippen LogP contribution is -2.39. The Hall–Kier alpha value is -1.06. The Morgan fingerprint density at radius 3 is 2.59 bits per heavy atom. The largest absolute Gasteiger partial charge is 0.480 e. The predicted molar refractivity (Wildman–Crippen MR) is 67.3 cm³/mol. The first-order valence-electron chi connectivity index (χ1n) is 5.87. The van der Waals surface area contributed by atoms with Gasteiger partial charge in [0.05, 0.1) is 0 Å². The fourth-order valence-corrected chi connectivity index (χ4v) is 2.03. The van der Waals surface area contributed by atoms with Crippen molar-refractivity contribution in [3.05, 3.63) is 34.9 Å². The van der Waals surface area contributed by atoms with Crippen molar-refractivity contribution in [1.82, 2.24) is 5.32 Å². The van der Waals surface area contributed by atoms with Crippen LogP contribution in [0.1, 0.15) is 18.4 Å². The molecule has 1 aromatic carbocycles.